The fourth-order valence-electron chi connectivity index (χ4n) is 2.03. The maximum atomic E-state index is 9.65. The number of ether oxygens (including phenoxy) is 2. The lowest BCUT2D eigenvalue weighted by Gasteiger charge is -2.26. The van der Waals surface area contributed by atoms with Crippen molar-refractivity contribution in [3.8, 4) is 0 Å². The molecular formula is C16H26BrNO3. The van der Waals surface area contributed by atoms with Gasteiger partial charge >= 0.3 is 0 Å². The zero-order chi connectivity index (χ0) is 15.7. The van der Waals surface area contributed by atoms with Gasteiger partial charge in [-0.1, -0.05) is 6.07 Å². The number of aliphatic hydroxyl groups is 1. The van der Waals surface area contributed by atoms with Gasteiger partial charge in [-0.3, -0.25) is 0 Å². The van der Waals surface area contributed by atoms with Crippen LogP contribution in [0.2, 0.25) is 0 Å². The van der Waals surface area contributed by atoms with E-state index in [-0.39, 0.29) is 0 Å². The molecule has 0 bridgehead atoms. The zero-order valence-corrected chi connectivity index (χ0v) is 14.7. The van der Waals surface area contributed by atoms with E-state index in [4.69, 9.17) is 9.47 Å². The number of anilines is 1. The minimum Gasteiger partial charge on any atom is -0.389 e. The summed E-state index contributed by atoms with van der Waals surface area (Å²) in [6, 6.07) is 5.96. The van der Waals surface area contributed by atoms with Crippen LogP contribution in [0, 0.1) is 0 Å². The summed E-state index contributed by atoms with van der Waals surface area (Å²) in [4.78, 5) is 2.24. The van der Waals surface area contributed by atoms with E-state index in [1.54, 1.807) is 6.92 Å². The Morgan fingerprint density at radius 2 is 1.71 bits per heavy atom. The van der Waals surface area contributed by atoms with Crippen LogP contribution in [0.1, 0.15) is 32.4 Å². The Hall–Kier alpha value is -0.620. The van der Waals surface area contributed by atoms with E-state index in [1.807, 2.05) is 32.0 Å². The predicted molar refractivity (Wildman–Crippen MR) is 90.0 cm³/mol. The van der Waals surface area contributed by atoms with E-state index >= 15 is 0 Å². The molecule has 1 aromatic carbocycles. The molecule has 1 rings (SSSR count). The molecule has 1 aromatic rings. The number of aliphatic hydroxyl groups excluding tert-OH is 1. The second kappa shape index (κ2) is 10.2. The van der Waals surface area contributed by atoms with Crippen molar-refractivity contribution in [2.45, 2.75) is 26.9 Å². The molecule has 0 aromatic heterocycles. The molecule has 0 saturated carbocycles. The number of rotatable bonds is 10. The maximum Gasteiger partial charge on any atom is 0.0762 e. The number of hydrogen-bond donors (Lipinski definition) is 1. The molecule has 21 heavy (non-hydrogen) atoms. The zero-order valence-electron chi connectivity index (χ0n) is 13.1. The number of nitrogens with zero attached hydrogens (tertiary/aromatic N) is 1. The Balaban J connectivity index is 2.79. The highest BCUT2D eigenvalue weighted by atomic mass is 79.9. The van der Waals surface area contributed by atoms with Gasteiger partial charge in [0.2, 0.25) is 0 Å². The number of hydrogen-bond acceptors (Lipinski definition) is 4. The molecule has 0 aliphatic heterocycles. The molecule has 0 fully saturated rings. The third-order valence-corrected chi connectivity index (χ3v) is 3.85. The molecule has 0 radical (unpaired) electrons. The highest BCUT2D eigenvalue weighted by Gasteiger charge is 2.12. The smallest absolute Gasteiger partial charge is 0.0762 e. The first-order valence-corrected chi connectivity index (χ1v) is 8.27. The summed E-state index contributed by atoms with van der Waals surface area (Å²) >= 11 is 3.60. The van der Waals surface area contributed by atoms with Gasteiger partial charge in [0.05, 0.1) is 25.0 Å². The van der Waals surface area contributed by atoms with Gasteiger partial charge in [0.25, 0.3) is 0 Å². The van der Waals surface area contributed by atoms with Gasteiger partial charge in [-0.05, 0) is 54.4 Å². The fourth-order valence-corrected chi connectivity index (χ4v) is 2.68. The lowest BCUT2D eigenvalue weighted by molar-refractivity contribution is 0.141. The summed E-state index contributed by atoms with van der Waals surface area (Å²) in [5.74, 6) is 0. The topological polar surface area (TPSA) is 41.9 Å². The van der Waals surface area contributed by atoms with Crippen LogP contribution in [-0.2, 0) is 9.47 Å². The molecule has 0 aliphatic carbocycles. The quantitative estimate of drug-likeness (QED) is 0.650. The fraction of sp³-hybridized carbons (Fsp3) is 0.625. The van der Waals surface area contributed by atoms with E-state index in [2.05, 4.69) is 20.8 Å². The Bertz CT molecular complexity index is 403. The van der Waals surface area contributed by atoms with Crippen LogP contribution >= 0.6 is 15.9 Å². The summed E-state index contributed by atoms with van der Waals surface area (Å²) < 4.78 is 11.9. The van der Waals surface area contributed by atoms with Gasteiger partial charge in [-0.15, -0.1) is 0 Å². The first-order chi connectivity index (χ1) is 10.1. The largest absolute Gasteiger partial charge is 0.389 e. The maximum absolute atomic E-state index is 9.65. The average Bonchev–Trinajstić information content (AvgIpc) is 2.46. The standard InChI is InChI=1S/C16H26BrNO3/c1-4-20-10-8-18(9-11-21-5-2)16-7-6-14(13(3)19)12-15(16)17/h6-7,12-13,19H,4-5,8-11H2,1-3H3/t13-/m0/s1. The van der Waals surface area contributed by atoms with Crippen molar-refractivity contribution in [2.24, 2.45) is 0 Å². The van der Waals surface area contributed by atoms with E-state index < -0.39 is 6.10 Å². The minimum absolute atomic E-state index is 0.462. The summed E-state index contributed by atoms with van der Waals surface area (Å²) in [5.41, 5.74) is 2.00. The monoisotopic (exact) mass is 359 g/mol. The van der Waals surface area contributed by atoms with E-state index in [1.165, 1.54) is 0 Å². The summed E-state index contributed by atoms with van der Waals surface area (Å²) in [6.45, 7) is 10.2. The SMILES string of the molecule is CCOCCN(CCOCC)c1ccc([C@H](C)O)cc1Br. The van der Waals surface area contributed by atoms with Gasteiger partial charge in [0.15, 0.2) is 0 Å². The molecule has 0 saturated heterocycles. The van der Waals surface area contributed by atoms with E-state index in [9.17, 15) is 5.11 Å². The number of halogens is 1. The molecule has 5 heteroatoms. The Labute approximate surface area is 136 Å². The van der Waals surface area contributed by atoms with Gasteiger partial charge < -0.3 is 19.5 Å². The summed E-state index contributed by atoms with van der Waals surface area (Å²) in [6.07, 6.45) is -0.462. The first-order valence-electron chi connectivity index (χ1n) is 7.48. The van der Waals surface area contributed by atoms with Crippen molar-refractivity contribution in [3.63, 3.8) is 0 Å². The molecule has 1 N–H and O–H groups in total. The lowest BCUT2D eigenvalue weighted by Crippen LogP contribution is -2.31. The molecule has 0 unspecified atom stereocenters. The van der Waals surface area contributed by atoms with Crippen molar-refractivity contribution >= 4 is 21.6 Å². The summed E-state index contributed by atoms with van der Waals surface area (Å²) in [7, 11) is 0. The molecule has 4 nitrogen and oxygen atoms in total. The average molecular weight is 360 g/mol. The minimum atomic E-state index is -0.462. The molecule has 0 spiro atoms. The molecule has 0 aliphatic rings. The molecule has 120 valence electrons. The molecule has 1 atom stereocenters. The van der Waals surface area contributed by atoms with Crippen LogP contribution in [0.15, 0.2) is 22.7 Å². The van der Waals surface area contributed by atoms with Crippen molar-refractivity contribution in [3.05, 3.63) is 28.2 Å². The Kier molecular flexibility index (Phi) is 8.92. The van der Waals surface area contributed by atoms with Crippen LogP contribution in [0.3, 0.4) is 0 Å². The third-order valence-electron chi connectivity index (χ3n) is 3.21. The van der Waals surface area contributed by atoms with Crippen molar-refractivity contribution < 1.29 is 14.6 Å². The van der Waals surface area contributed by atoms with Crippen LogP contribution in [0.4, 0.5) is 5.69 Å². The third kappa shape index (κ3) is 6.34. The van der Waals surface area contributed by atoms with Crippen LogP contribution < -0.4 is 4.90 Å². The van der Waals surface area contributed by atoms with Crippen molar-refractivity contribution in [1.82, 2.24) is 0 Å². The van der Waals surface area contributed by atoms with Gasteiger partial charge in [-0.2, -0.15) is 0 Å². The highest BCUT2D eigenvalue weighted by molar-refractivity contribution is 9.10. The Morgan fingerprint density at radius 3 is 2.14 bits per heavy atom. The highest BCUT2D eigenvalue weighted by Crippen LogP contribution is 2.29. The predicted octanol–water partition coefficient (Wildman–Crippen LogP) is 3.38. The first kappa shape index (κ1) is 18.4. The van der Waals surface area contributed by atoms with Gasteiger partial charge in [0.1, 0.15) is 0 Å². The normalized spacial score (nSPS) is 12.4. The van der Waals surface area contributed by atoms with Crippen molar-refractivity contribution in [1.29, 1.82) is 0 Å². The van der Waals surface area contributed by atoms with Crippen LogP contribution in [0.25, 0.3) is 0 Å². The number of benzene rings is 1. The van der Waals surface area contributed by atoms with Crippen LogP contribution in [-0.4, -0.2) is 44.6 Å². The second-order valence-corrected chi connectivity index (χ2v) is 5.62. The van der Waals surface area contributed by atoms with Crippen molar-refractivity contribution in [2.75, 3.05) is 44.4 Å². The van der Waals surface area contributed by atoms with Crippen LogP contribution in [0.5, 0.6) is 0 Å². The molecule has 0 amide bonds. The second-order valence-electron chi connectivity index (χ2n) is 4.77. The lowest BCUT2D eigenvalue weighted by atomic mass is 10.1. The Morgan fingerprint density at radius 1 is 1.14 bits per heavy atom. The summed E-state index contributed by atoms with van der Waals surface area (Å²) in [5, 5.41) is 9.65. The van der Waals surface area contributed by atoms with E-state index in [0.717, 1.165) is 42.0 Å². The van der Waals surface area contributed by atoms with E-state index in [0.29, 0.717) is 13.2 Å². The molecule has 0 heterocycles. The molecular weight excluding hydrogens is 334 g/mol. The van der Waals surface area contributed by atoms with Gasteiger partial charge in [-0.25, -0.2) is 0 Å². The van der Waals surface area contributed by atoms with Gasteiger partial charge in [0, 0.05) is 30.8 Å².